The van der Waals surface area contributed by atoms with Gasteiger partial charge < -0.3 is 15.1 Å². The molecule has 0 radical (unpaired) electrons. The van der Waals surface area contributed by atoms with E-state index in [9.17, 15) is 0 Å². The first-order valence-corrected chi connectivity index (χ1v) is 5.21. The minimum absolute atomic E-state index is 0.0602. The Kier molecular flexibility index (Phi) is 3.68. The third-order valence-electron chi connectivity index (χ3n) is 1.61. The molecule has 2 N–H and O–H groups in total. The molecule has 0 fully saturated rings. The van der Waals surface area contributed by atoms with Gasteiger partial charge in [0.15, 0.2) is 0 Å². The Morgan fingerprint density at radius 3 is 2.47 bits per heavy atom. The molecule has 0 aliphatic carbocycles. The Morgan fingerprint density at radius 2 is 1.93 bits per heavy atom. The molecule has 5 heteroatoms. The molecule has 0 spiro atoms. The van der Waals surface area contributed by atoms with Crippen molar-refractivity contribution in [1.29, 1.82) is 0 Å². The largest absolute Gasteiger partial charge is 0.407 e. The quantitative estimate of drug-likeness (QED) is 0.796. The van der Waals surface area contributed by atoms with Crippen LogP contribution in [0.25, 0.3) is 0 Å². The van der Waals surface area contributed by atoms with Crippen molar-refractivity contribution in [1.82, 2.24) is 15.5 Å². The normalized spacial score (nSPS) is 12.1. The summed E-state index contributed by atoms with van der Waals surface area (Å²) in [7, 11) is 0. The van der Waals surface area contributed by atoms with Crippen molar-refractivity contribution in [2.45, 2.75) is 52.7 Å². The Hall–Kier alpha value is -1.10. The lowest BCUT2D eigenvalue weighted by Gasteiger charge is -2.17. The van der Waals surface area contributed by atoms with Gasteiger partial charge in [0.25, 0.3) is 0 Å². The van der Waals surface area contributed by atoms with Gasteiger partial charge in [-0.15, -0.1) is 5.10 Å². The molecule has 0 aliphatic rings. The molecule has 0 aromatic carbocycles. The third-order valence-corrected chi connectivity index (χ3v) is 1.61. The third kappa shape index (κ3) is 4.78. The Balaban J connectivity index is 2.49. The van der Waals surface area contributed by atoms with Crippen LogP contribution in [-0.4, -0.2) is 21.8 Å². The van der Waals surface area contributed by atoms with E-state index in [2.05, 4.69) is 34.7 Å². The van der Waals surface area contributed by atoms with Gasteiger partial charge in [-0.25, -0.2) is 0 Å². The topological polar surface area (TPSA) is 63.0 Å². The first-order chi connectivity index (χ1) is 6.87. The number of anilines is 1. The van der Waals surface area contributed by atoms with Gasteiger partial charge in [-0.3, -0.25) is 0 Å². The van der Waals surface area contributed by atoms with Crippen LogP contribution in [0.15, 0.2) is 4.42 Å². The molecule has 1 aromatic rings. The Bertz CT molecular complexity index is 301. The lowest BCUT2D eigenvalue weighted by atomic mass is 10.1. The van der Waals surface area contributed by atoms with Gasteiger partial charge in [0.1, 0.15) is 0 Å². The van der Waals surface area contributed by atoms with Crippen LogP contribution in [0.5, 0.6) is 0 Å². The standard InChI is InChI=1S/C10H20N4O/c1-7(2)11-6-8-13-14-9(15-8)12-10(3,4)5/h7,11H,6H2,1-5H3,(H,12,14). The minimum Gasteiger partial charge on any atom is -0.407 e. The summed E-state index contributed by atoms with van der Waals surface area (Å²) in [6, 6.07) is 0.888. The molecular formula is C10H20N4O. The van der Waals surface area contributed by atoms with E-state index in [1.807, 2.05) is 20.8 Å². The van der Waals surface area contributed by atoms with Crippen molar-refractivity contribution in [3.63, 3.8) is 0 Å². The molecule has 1 rings (SSSR count). The monoisotopic (exact) mass is 212 g/mol. The van der Waals surface area contributed by atoms with Gasteiger partial charge in [-0.05, 0) is 20.8 Å². The average Bonchev–Trinajstić information content (AvgIpc) is 2.45. The second-order valence-electron chi connectivity index (χ2n) is 4.91. The van der Waals surface area contributed by atoms with Crippen LogP contribution < -0.4 is 10.6 Å². The van der Waals surface area contributed by atoms with Gasteiger partial charge in [-0.2, -0.15) is 0 Å². The lowest BCUT2D eigenvalue weighted by Crippen LogP contribution is -2.26. The fourth-order valence-corrected chi connectivity index (χ4v) is 0.988. The predicted octanol–water partition coefficient (Wildman–Crippen LogP) is 1.78. The van der Waals surface area contributed by atoms with Gasteiger partial charge in [0, 0.05) is 11.6 Å². The van der Waals surface area contributed by atoms with E-state index in [4.69, 9.17) is 4.42 Å². The molecule has 0 bridgehead atoms. The Morgan fingerprint density at radius 1 is 1.27 bits per heavy atom. The fraction of sp³-hybridized carbons (Fsp3) is 0.800. The Labute approximate surface area is 90.7 Å². The summed E-state index contributed by atoms with van der Waals surface area (Å²) in [5, 5.41) is 14.2. The molecule has 1 aromatic heterocycles. The highest BCUT2D eigenvalue weighted by Gasteiger charge is 2.14. The predicted molar refractivity (Wildman–Crippen MR) is 59.6 cm³/mol. The summed E-state index contributed by atoms with van der Waals surface area (Å²) in [4.78, 5) is 0. The van der Waals surface area contributed by atoms with Crippen LogP contribution in [0.3, 0.4) is 0 Å². The van der Waals surface area contributed by atoms with Gasteiger partial charge in [0.2, 0.25) is 5.89 Å². The molecule has 15 heavy (non-hydrogen) atoms. The maximum absolute atomic E-state index is 5.41. The molecule has 1 heterocycles. The van der Waals surface area contributed by atoms with Gasteiger partial charge >= 0.3 is 6.01 Å². The zero-order valence-electron chi connectivity index (χ0n) is 10.1. The zero-order chi connectivity index (χ0) is 11.5. The number of rotatable bonds is 4. The van der Waals surface area contributed by atoms with Crippen LogP contribution in [0, 0.1) is 0 Å². The summed E-state index contributed by atoms with van der Waals surface area (Å²) in [6.07, 6.45) is 0. The highest BCUT2D eigenvalue weighted by Crippen LogP contribution is 2.12. The first kappa shape index (κ1) is 12.0. The van der Waals surface area contributed by atoms with E-state index in [0.717, 1.165) is 0 Å². The number of nitrogens with zero attached hydrogens (tertiary/aromatic N) is 2. The second-order valence-corrected chi connectivity index (χ2v) is 4.91. The molecule has 0 amide bonds. The highest BCUT2D eigenvalue weighted by atomic mass is 16.4. The van der Waals surface area contributed by atoms with Crippen LogP contribution >= 0.6 is 0 Å². The second kappa shape index (κ2) is 4.61. The molecule has 0 atom stereocenters. The molecule has 0 aliphatic heterocycles. The van der Waals surface area contributed by atoms with E-state index in [0.29, 0.717) is 24.5 Å². The van der Waals surface area contributed by atoms with Crippen LogP contribution in [0.1, 0.15) is 40.5 Å². The van der Waals surface area contributed by atoms with Gasteiger partial charge in [-0.1, -0.05) is 18.9 Å². The maximum atomic E-state index is 5.41. The van der Waals surface area contributed by atoms with Crippen molar-refractivity contribution < 1.29 is 4.42 Å². The molecule has 86 valence electrons. The van der Waals surface area contributed by atoms with Crippen LogP contribution in [-0.2, 0) is 6.54 Å². The van der Waals surface area contributed by atoms with E-state index >= 15 is 0 Å². The molecular weight excluding hydrogens is 192 g/mol. The fourth-order valence-electron chi connectivity index (χ4n) is 0.988. The summed E-state index contributed by atoms with van der Waals surface area (Å²) in [5.41, 5.74) is -0.0602. The average molecular weight is 212 g/mol. The van der Waals surface area contributed by atoms with Crippen molar-refractivity contribution >= 4 is 6.01 Å². The first-order valence-electron chi connectivity index (χ1n) is 5.21. The van der Waals surface area contributed by atoms with Crippen molar-refractivity contribution in [3.05, 3.63) is 5.89 Å². The van der Waals surface area contributed by atoms with Crippen molar-refractivity contribution in [2.24, 2.45) is 0 Å². The summed E-state index contributed by atoms with van der Waals surface area (Å²) in [5.74, 6) is 0.607. The molecule has 0 saturated carbocycles. The molecule has 5 nitrogen and oxygen atoms in total. The van der Waals surface area contributed by atoms with E-state index < -0.39 is 0 Å². The summed E-state index contributed by atoms with van der Waals surface area (Å²) >= 11 is 0. The summed E-state index contributed by atoms with van der Waals surface area (Å²) < 4.78 is 5.41. The van der Waals surface area contributed by atoms with E-state index in [-0.39, 0.29) is 5.54 Å². The maximum Gasteiger partial charge on any atom is 0.315 e. The highest BCUT2D eigenvalue weighted by molar-refractivity contribution is 5.21. The number of nitrogens with one attached hydrogen (secondary N) is 2. The number of hydrogen-bond donors (Lipinski definition) is 2. The van der Waals surface area contributed by atoms with Crippen molar-refractivity contribution in [2.75, 3.05) is 5.32 Å². The lowest BCUT2D eigenvalue weighted by molar-refractivity contribution is 0.449. The van der Waals surface area contributed by atoms with Crippen molar-refractivity contribution in [3.8, 4) is 0 Å². The molecule has 0 saturated heterocycles. The van der Waals surface area contributed by atoms with E-state index in [1.165, 1.54) is 0 Å². The van der Waals surface area contributed by atoms with Gasteiger partial charge in [0.05, 0.1) is 6.54 Å². The SMILES string of the molecule is CC(C)NCc1nnc(NC(C)(C)C)o1. The smallest absolute Gasteiger partial charge is 0.315 e. The summed E-state index contributed by atoms with van der Waals surface area (Å²) in [6.45, 7) is 10.9. The van der Waals surface area contributed by atoms with E-state index in [1.54, 1.807) is 0 Å². The van der Waals surface area contributed by atoms with Crippen LogP contribution in [0.4, 0.5) is 6.01 Å². The zero-order valence-corrected chi connectivity index (χ0v) is 10.1. The number of hydrogen-bond acceptors (Lipinski definition) is 5. The van der Waals surface area contributed by atoms with Crippen LogP contribution in [0.2, 0.25) is 0 Å². The molecule has 0 unspecified atom stereocenters. The minimum atomic E-state index is -0.0602. The number of aromatic nitrogens is 2.